The Morgan fingerprint density at radius 3 is 1.50 bits per heavy atom. The molecule has 0 aromatic rings. The first-order valence-electron chi connectivity index (χ1n) is 6.13. The number of cyclic esters (lactones) is 2. The highest BCUT2D eigenvalue weighted by Crippen LogP contribution is 2.22. The molecule has 90 valence electrons. The lowest BCUT2D eigenvalue weighted by molar-refractivity contribution is -0.171. The van der Waals surface area contributed by atoms with Gasteiger partial charge < -0.3 is 9.47 Å². The van der Waals surface area contributed by atoms with E-state index in [0.717, 1.165) is 25.7 Å². The van der Waals surface area contributed by atoms with Crippen LogP contribution in [-0.2, 0) is 19.1 Å². The predicted molar refractivity (Wildman–Crippen MR) is 56.7 cm³/mol. The molecule has 0 aromatic heterocycles. The van der Waals surface area contributed by atoms with E-state index < -0.39 is 0 Å². The monoisotopic (exact) mass is 226 g/mol. The standard InChI is InChI=1S/C12H18O4/c13-11-7-9(15-11)5-3-1-2-4-6-10-8-12(14)16-10/h9-10H,1-8H2. The van der Waals surface area contributed by atoms with Gasteiger partial charge in [-0.3, -0.25) is 9.59 Å². The number of hydrogen-bond donors (Lipinski definition) is 0. The average Bonchev–Trinajstić information content (AvgIpc) is 2.16. The van der Waals surface area contributed by atoms with E-state index in [1.807, 2.05) is 0 Å². The van der Waals surface area contributed by atoms with Crippen molar-refractivity contribution in [1.29, 1.82) is 0 Å². The van der Waals surface area contributed by atoms with Crippen molar-refractivity contribution >= 4 is 11.9 Å². The fraction of sp³-hybridized carbons (Fsp3) is 0.833. The maximum absolute atomic E-state index is 10.5. The first-order chi connectivity index (χ1) is 7.74. The molecule has 4 heteroatoms. The van der Waals surface area contributed by atoms with Gasteiger partial charge in [0.2, 0.25) is 0 Å². The molecule has 2 heterocycles. The fourth-order valence-electron chi connectivity index (χ4n) is 2.14. The Morgan fingerprint density at radius 1 is 0.812 bits per heavy atom. The van der Waals surface area contributed by atoms with Gasteiger partial charge in [0.05, 0.1) is 12.8 Å². The zero-order chi connectivity index (χ0) is 11.4. The van der Waals surface area contributed by atoms with E-state index >= 15 is 0 Å². The Morgan fingerprint density at radius 2 is 1.19 bits per heavy atom. The second-order valence-electron chi connectivity index (χ2n) is 4.62. The van der Waals surface area contributed by atoms with Crippen molar-refractivity contribution in [3.05, 3.63) is 0 Å². The van der Waals surface area contributed by atoms with E-state index in [0.29, 0.717) is 12.8 Å². The molecular formula is C12H18O4. The summed E-state index contributed by atoms with van der Waals surface area (Å²) in [6.45, 7) is 0. The van der Waals surface area contributed by atoms with Gasteiger partial charge in [-0.05, 0) is 25.7 Å². The van der Waals surface area contributed by atoms with E-state index in [2.05, 4.69) is 0 Å². The van der Waals surface area contributed by atoms with Crippen LogP contribution in [0.15, 0.2) is 0 Å². The third kappa shape index (κ3) is 3.22. The van der Waals surface area contributed by atoms with Crippen LogP contribution in [0.2, 0.25) is 0 Å². The molecule has 2 rings (SSSR count). The molecule has 0 bridgehead atoms. The zero-order valence-corrected chi connectivity index (χ0v) is 9.44. The summed E-state index contributed by atoms with van der Waals surface area (Å²) in [6.07, 6.45) is 8.22. The van der Waals surface area contributed by atoms with Gasteiger partial charge in [0.25, 0.3) is 0 Å². The van der Waals surface area contributed by atoms with Crippen molar-refractivity contribution < 1.29 is 19.1 Å². The summed E-state index contributed by atoms with van der Waals surface area (Å²) in [5, 5.41) is 0. The maximum Gasteiger partial charge on any atom is 0.309 e. The van der Waals surface area contributed by atoms with Crippen LogP contribution in [0.25, 0.3) is 0 Å². The third-order valence-electron chi connectivity index (χ3n) is 3.19. The van der Waals surface area contributed by atoms with Crippen LogP contribution in [0.4, 0.5) is 0 Å². The lowest BCUT2D eigenvalue weighted by atomic mass is 10.0. The quantitative estimate of drug-likeness (QED) is 0.492. The molecule has 4 nitrogen and oxygen atoms in total. The van der Waals surface area contributed by atoms with Gasteiger partial charge in [0.1, 0.15) is 12.2 Å². The normalized spacial score (nSPS) is 27.8. The van der Waals surface area contributed by atoms with E-state index in [4.69, 9.17) is 9.47 Å². The minimum atomic E-state index is -0.0585. The molecule has 0 radical (unpaired) electrons. The summed E-state index contributed by atoms with van der Waals surface area (Å²) in [5.41, 5.74) is 0. The van der Waals surface area contributed by atoms with Crippen LogP contribution < -0.4 is 0 Å². The van der Waals surface area contributed by atoms with Gasteiger partial charge in [-0.2, -0.15) is 0 Å². The molecule has 2 saturated heterocycles. The molecule has 2 fully saturated rings. The van der Waals surface area contributed by atoms with Gasteiger partial charge in [0.15, 0.2) is 0 Å². The van der Waals surface area contributed by atoms with Crippen molar-refractivity contribution in [3.63, 3.8) is 0 Å². The molecule has 2 unspecified atom stereocenters. The second kappa shape index (κ2) is 5.32. The van der Waals surface area contributed by atoms with Crippen molar-refractivity contribution in [2.24, 2.45) is 0 Å². The first kappa shape index (κ1) is 11.4. The zero-order valence-electron chi connectivity index (χ0n) is 9.44. The number of carbonyl (C=O) groups excluding carboxylic acids is 2. The average molecular weight is 226 g/mol. The summed E-state index contributed by atoms with van der Waals surface area (Å²) in [5.74, 6) is -0.117. The van der Waals surface area contributed by atoms with E-state index in [1.165, 1.54) is 12.8 Å². The predicted octanol–water partition coefficient (Wildman–Crippen LogP) is 1.96. The highest BCUT2D eigenvalue weighted by Gasteiger charge is 2.28. The number of ether oxygens (including phenoxy) is 2. The van der Waals surface area contributed by atoms with Crippen molar-refractivity contribution in [3.8, 4) is 0 Å². The van der Waals surface area contributed by atoms with Crippen molar-refractivity contribution in [1.82, 2.24) is 0 Å². The Labute approximate surface area is 95.3 Å². The summed E-state index contributed by atoms with van der Waals surface area (Å²) >= 11 is 0. The van der Waals surface area contributed by atoms with Gasteiger partial charge in [-0.25, -0.2) is 0 Å². The lowest BCUT2D eigenvalue weighted by Crippen LogP contribution is -2.32. The van der Waals surface area contributed by atoms with Gasteiger partial charge >= 0.3 is 11.9 Å². The molecule has 0 aromatic carbocycles. The van der Waals surface area contributed by atoms with E-state index in [9.17, 15) is 9.59 Å². The topological polar surface area (TPSA) is 52.6 Å². The second-order valence-corrected chi connectivity index (χ2v) is 4.62. The molecule has 0 aliphatic carbocycles. The van der Waals surface area contributed by atoms with Gasteiger partial charge in [-0.1, -0.05) is 12.8 Å². The Kier molecular flexibility index (Phi) is 3.80. The number of hydrogen-bond acceptors (Lipinski definition) is 4. The van der Waals surface area contributed by atoms with Gasteiger partial charge in [-0.15, -0.1) is 0 Å². The fourth-order valence-corrected chi connectivity index (χ4v) is 2.14. The maximum atomic E-state index is 10.5. The molecule has 2 atom stereocenters. The third-order valence-corrected chi connectivity index (χ3v) is 3.19. The minimum Gasteiger partial charge on any atom is -0.462 e. The van der Waals surface area contributed by atoms with Crippen LogP contribution in [0.5, 0.6) is 0 Å². The molecular weight excluding hydrogens is 208 g/mol. The largest absolute Gasteiger partial charge is 0.462 e. The minimum absolute atomic E-state index is 0.0585. The molecule has 0 N–H and O–H groups in total. The number of unbranched alkanes of at least 4 members (excludes halogenated alkanes) is 3. The Balaban J connectivity index is 1.35. The smallest absolute Gasteiger partial charge is 0.309 e. The Hall–Kier alpha value is -1.06. The summed E-state index contributed by atoms with van der Waals surface area (Å²) in [6, 6.07) is 0. The molecule has 2 aliphatic heterocycles. The number of rotatable bonds is 7. The highest BCUT2D eigenvalue weighted by molar-refractivity contribution is 5.75. The molecule has 0 spiro atoms. The molecule has 2 aliphatic rings. The first-order valence-corrected chi connectivity index (χ1v) is 6.13. The SMILES string of the molecule is O=C1CC(CCCCCCC2CC(=O)O2)O1. The lowest BCUT2D eigenvalue weighted by Gasteiger charge is -2.26. The van der Waals surface area contributed by atoms with Crippen LogP contribution >= 0.6 is 0 Å². The summed E-state index contributed by atoms with van der Waals surface area (Å²) in [4.78, 5) is 21.0. The van der Waals surface area contributed by atoms with Crippen molar-refractivity contribution in [2.75, 3.05) is 0 Å². The van der Waals surface area contributed by atoms with Crippen molar-refractivity contribution in [2.45, 2.75) is 63.6 Å². The molecule has 0 saturated carbocycles. The number of esters is 2. The van der Waals surface area contributed by atoms with Crippen LogP contribution in [0, 0.1) is 0 Å². The molecule has 0 amide bonds. The number of carbonyl (C=O) groups is 2. The van der Waals surface area contributed by atoms with E-state index in [-0.39, 0.29) is 24.1 Å². The molecule has 16 heavy (non-hydrogen) atoms. The highest BCUT2D eigenvalue weighted by atomic mass is 16.6. The van der Waals surface area contributed by atoms with Crippen LogP contribution in [-0.4, -0.2) is 24.1 Å². The van der Waals surface area contributed by atoms with Crippen LogP contribution in [0.3, 0.4) is 0 Å². The summed E-state index contributed by atoms with van der Waals surface area (Å²) < 4.78 is 9.85. The summed E-state index contributed by atoms with van der Waals surface area (Å²) in [7, 11) is 0. The Bertz CT molecular complexity index is 230. The van der Waals surface area contributed by atoms with Gasteiger partial charge in [0, 0.05) is 0 Å². The van der Waals surface area contributed by atoms with Crippen LogP contribution in [0.1, 0.15) is 51.4 Å². The van der Waals surface area contributed by atoms with E-state index in [1.54, 1.807) is 0 Å².